The highest BCUT2D eigenvalue weighted by Gasteiger charge is 2.17. The maximum atomic E-state index is 13.4. The summed E-state index contributed by atoms with van der Waals surface area (Å²) in [5.41, 5.74) is 6.14. The van der Waals surface area contributed by atoms with E-state index in [1.807, 2.05) is 4.90 Å². The lowest BCUT2D eigenvalue weighted by Gasteiger charge is -2.31. The molecule has 1 aromatic rings. The van der Waals surface area contributed by atoms with E-state index in [0.717, 1.165) is 37.7 Å². The summed E-state index contributed by atoms with van der Waals surface area (Å²) in [7, 11) is 0. The van der Waals surface area contributed by atoms with Gasteiger partial charge >= 0.3 is 0 Å². The summed E-state index contributed by atoms with van der Waals surface area (Å²) >= 11 is 0. The molecule has 1 atom stereocenters. The predicted octanol–water partition coefficient (Wildman–Crippen LogP) is 2.51. The first-order valence-corrected chi connectivity index (χ1v) is 6.55. The molecule has 0 radical (unpaired) electrons. The molecule has 1 heterocycles. The highest BCUT2D eigenvalue weighted by Crippen LogP contribution is 2.15. The maximum Gasteiger partial charge on any atom is 0.191 e. The molecule has 0 aliphatic carbocycles. The van der Waals surface area contributed by atoms with E-state index in [2.05, 4.69) is 11.9 Å². The van der Waals surface area contributed by atoms with Crippen LogP contribution < -0.4 is 5.73 Å². The third-order valence-corrected chi connectivity index (χ3v) is 3.40. The van der Waals surface area contributed by atoms with Crippen molar-refractivity contribution >= 4 is 5.96 Å². The van der Waals surface area contributed by atoms with E-state index in [4.69, 9.17) is 5.73 Å². The van der Waals surface area contributed by atoms with Gasteiger partial charge in [0.25, 0.3) is 0 Å². The second kappa shape index (κ2) is 5.99. The molecule has 1 aliphatic rings. The normalized spacial score (nSPS) is 20.7. The molecule has 1 fully saturated rings. The van der Waals surface area contributed by atoms with Gasteiger partial charge in [0, 0.05) is 18.7 Å². The fourth-order valence-electron chi connectivity index (χ4n) is 2.33. The molecule has 2 rings (SSSR count). The summed E-state index contributed by atoms with van der Waals surface area (Å²) in [5.74, 6) is 0.0883. The third kappa shape index (κ3) is 3.66. The first-order chi connectivity index (χ1) is 9.06. The zero-order chi connectivity index (χ0) is 13.8. The molecule has 104 valence electrons. The highest BCUT2D eigenvalue weighted by atomic mass is 19.1. The van der Waals surface area contributed by atoms with Gasteiger partial charge in [-0.1, -0.05) is 6.92 Å². The van der Waals surface area contributed by atoms with Gasteiger partial charge in [-0.15, -0.1) is 0 Å². The van der Waals surface area contributed by atoms with E-state index >= 15 is 0 Å². The lowest BCUT2D eigenvalue weighted by molar-refractivity contribution is 0.270. The van der Waals surface area contributed by atoms with E-state index in [1.54, 1.807) is 0 Å². The van der Waals surface area contributed by atoms with E-state index < -0.39 is 11.6 Å². The predicted molar refractivity (Wildman–Crippen MR) is 71.7 cm³/mol. The monoisotopic (exact) mass is 267 g/mol. The van der Waals surface area contributed by atoms with Crippen molar-refractivity contribution in [3.8, 4) is 0 Å². The number of likely N-dealkylation sites (tertiary alicyclic amines) is 1. The number of piperidine rings is 1. The van der Waals surface area contributed by atoms with Crippen LogP contribution in [0.25, 0.3) is 0 Å². The Morgan fingerprint density at radius 1 is 1.47 bits per heavy atom. The summed E-state index contributed by atoms with van der Waals surface area (Å²) in [4.78, 5) is 6.17. The van der Waals surface area contributed by atoms with Gasteiger partial charge in [-0.3, -0.25) is 0 Å². The Hall–Kier alpha value is -1.65. The molecular weight excluding hydrogens is 248 g/mol. The van der Waals surface area contributed by atoms with Gasteiger partial charge < -0.3 is 10.6 Å². The fourth-order valence-corrected chi connectivity index (χ4v) is 2.33. The van der Waals surface area contributed by atoms with Crippen LogP contribution in [0.4, 0.5) is 8.78 Å². The minimum Gasteiger partial charge on any atom is -0.370 e. The molecule has 0 amide bonds. The van der Waals surface area contributed by atoms with Crippen molar-refractivity contribution in [2.75, 3.05) is 13.1 Å². The molecule has 0 aromatic heterocycles. The number of halogens is 2. The van der Waals surface area contributed by atoms with Crippen LogP contribution in [-0.2, 0) is 6.54 Å². The van der Waals surface area contributed by atoms with E-state index in [1.165, 1.54) is 6.42 Å². The Kier molecular flexibility index (Phi) is 4.35. The van der Waals surface area contributed by atoms with E-state index in [9.17, 15) is 8.78 Å². The van der Waals surface area contributed by atoms with Gasteiger partial charge in [0.1, 0.15) is 11.6 Å². The molecular formula is C14H19F2N3. The fraction of sp³-hybridized carbons (Fsp3) is 0.500. The van der Waals surface area contributed by atoms with Crippen LogP contribution in [0.5, 0.6) is 0 Å². The van der Waals surface area contributed by atoms with Gasteiger partial charge in [-0.25, -0.2) is 13.8 Å². The first-order valence-electron chi connectivity index (χ1n) is 6.55. The van der Waals surface area contributed by atoms with Gasteiger partial charge in [-0.05, 0) is 37.0 Å². The van der Waals surface area contributed by atoms with Crippen molar-refractivity contribution in [2.45, 2.75) is 26.3 Å². The first kappa shape index (κ1) is 13.8. The van der Waals surface area contributed by atoms with Gasteiger partial charge in [0.05, 0.1) is 6.54 Å². The zero-order valence-corrected chi connectivity index (χ0v) is 11.1. The summed E-state index contributed by atoms with van der Waals surface area (Å²) in [6.07, 6.45) is 2.29. The van der Waals surface area contributed by atoms with Gasteiger partial charge in [-0.2, -0.15) is 0 Å². The Balaban J connectivity index is 2.03. The molecule has 1 saturated heterocycles. The summed E-state index contributed by atoms with van der Waals surface area (Å²) in [5, 5.41) is 0. The second-order valence-corrected chi connectivity index (χ2v) is 5.10. The van der Waals surface area contributed by atoms with Gasteiger partial charge in [0.15, 0.2) is 5.96 Å². The highest BCUT2D eigenvalue weighted by molar-refractivity contribution is 5.78. The number of benzene rings is 1. The molecule has 5 heteroatoms. The van der Waals surface area contributed by atoms with E-state index in [0.29, 0.717) is 11.9 Å². The molecule has 1 aromatic carbocycles. The Bertz CT molecular complexity index is 474. The SMILES string of the molecule is CC1CCCN(C(N)=NCc2cc(F)ccc2F)C1. The molecule has 3 nitrogen and oxygen atoms in total. The van der Waals surface area contributed by atoms with Crippen molar-refractivity contribution in [3.05, 3.63) is 35.4 Å². The molecule has 1 unspecified atom stereocenters. The molecule has 19 heavy (non-hydrogen) atoms. The summed E-state index contributed by atoms with van der Waals surface area (Å²) in [6.45, 7) is 4.00. The number of rotatable bonds is 2. The minimum absolute atomic E-state index is 0.0697. The number of aliphatic imine (C=N–C) groups is 1. The Morgan fingerprint density at radius 3 is 3.00 bits per heavy atom. The van der Waals surface area contributed by atoms with Crippen LogP contribution in [0.1, 0.15) is 25.3 Å². The Labute approximate surface area is 112 Å². The van der Waals surface area contributed by atoms with Crippen LogP contribution in [-0.4, -0.2) is 23.9 Å². The Morgan fingerprint density at radius 2 is 2.26 bits per heavy atom. The average molecular weight is 267 g/mol. The number of hydrogen-bond donors (Lipinski definition) is 1. The molecule has 0 spiro atoms. The quantitative estimate of drug-likeness (QED) is 0.661. The smallest absolute Gasteiger partial charge is 0.191 e. The van der Waals surface area contributed by atoms with Crippen molar-refractivity contribution in [1.29, 1.82) is 0 Å². The van der Waals surface area contributed by atoms with Crippen molar-refractivity contribution in [2.24, 2.45) is 16.6 Å². The van der Waals surface area contributed by atoms with Crippen LogP contribution in [0.3, 0.4) is 0 Å². The third-order valence-electron chi connectivity index (χ3n) is 3.40. The molecule has 0 bridgehead atoms. The standard InChI is InChI=1S/C14H19F2N3/c1-10-3-2-6-19(9-10)14(17)18-8-11-7-12(15)4-5-13(11)16/h4-5,7,10H,2-3,6,8-9H2,1H3,(H2,17,18). The lowest BCUT2D eigenvalue weighted by atomic mass is 10.0. The van der Waals surface area contributed by atoms with Crippen LogP contribution in [0.2, 0.25) is 0 Å². The number of nitrogens with zero attached hydrogens (tertiary/aromatic N) is 2. The molecule has 1 aliphatic heterocycles. The maximum absolute atomic E-state index is 13.4. The lowest BCUT2D eigenvalue weighted by Crippen LogP contribution is -2.43. The molecule has 2 N–H and O–H groups in total. The number of hydrogen-bond acceptors (Lipinski definition) is 1. The average Bonchev–Trinajstić information content (AvgIpc) is 2.39. The van der Waals surface area contributed by atoms with Gasteiger partial charge in [0.2, 0.25) is 0 Å². The van der Waals surface area contributed by atoms with Crippen LogP contribution >= 0.6 is 0 Å². The number of guanidine groups is 1. The van der Waals surface area contributed by atoms with Crippen LogP contribution in [0, 0.1) is 17.6 Å². The summed E-state index contributed by atoms with van der Waals surface area (Å²) in [6, 6.07) is 3.36. The minimum atomic E-state index is -0.461. The van der Waals surface area contributed by atoms with Crippen molar-refractivity contribution in [3.63, 3.8) is 0 Å². The second-order valence-electron chi connectivity index (χ2n) is 5.10. The number of nitrogens with two attached hydrogens (primary N) is 1. The van der Waals surface area contributed by atoms with Crippen molar-refractivity contribution < 1.29 is 8.78 Å². The molecule has 0 saturated carbocycles. The van der Waals surface area contributed by atoms with E-state index in [-0.39, 0.29) is 12.1 Å². The van der Waals surface area contributed by atoms with Crippen LogP contribution in [0.15, 0.2) is 23.2 Å². The topological polar surface area (TPSA) is 41.6 Å². The van der Waals surface area contributed by atoms with Crippen molar-refractivity contribution in [1.82, 2.24) is 4.90 Å². The zero-order valence-electron chi connectivity index (χ0n) is 11.1. The largest absolute Gasteiger partial charge is 0.370 e. The summed E-state index contributed by atoms with van der Waals surface area (Å²) < 4.78 is 26.5.